The Bertz CT molecular complexity index is 4050. The lowest BCUT2D eigenvalue weighted by molar-refractivity contribution is 0.835. The quantitative estimate of drug-likeness (QED) is 0.140. The minimum Gasteiger partial charge on any atom is -0.0622 e. The Hall–Kier alpha value is -7.80. The lowest BCUT2D eigenvalue weighted by Crippen LogP contribution is -2.01. The summed E-state index contributed by atoms with van der Waals surface area (Å²) in [7, 11) is 0. The highest BCUT2D eigenvalue weighted by atomic mass is 14.3. The molecule has 0 bridgehead atoms. The highest BCUT2D eigenvalue weighted by Gasteiger charge is 2.29. The maximum atomic E-state index is 2.57. The van der Waals surface area contributed by atoms with Crippen LogP contribution in [0.2, 0.25) is 0 Å². The van der Waals surface area contributed by atoms with Crippen LogP contribution in [-0.2, 0) is 0 Å². The van der Waals surface area contributed by atoms with Crippen LogP contribution >= 0.6 is 0 Å². The first-order chi connectivity index (χ1) is 32.9. The van der Waals surface area contributed by atoms with Gasteiger partial charge in [-0.3, -0.25) is 0 Å². The van der Waals surface area contributed by atoms with Gasteiger partial charge in [-0.2, -0.15) is 0 Å². The molecule has 0 amide bonds. The minimum atomic E-state index is 0.371. The van der Waals surface area contributed by atoms with Gasteiger partial charge in [-0.25, -0.2) is 0 Å². The van der Waals surface area contributed by atoms with Gasteiger partial charge in [0.15, 0.2) is 0 Å². The van der Waals surface area contributed by atoms with Crippen LogP contribution in [-0.4, -0.2) is 0 Å². The lowest BCUT2D eigenvalue weighted by Gasteiger charge is -2.22. The minimum absolute atomic E-state index is 0.371. The van der Waals surface area contributed by atoms with E-state index in [1.54, 1.807) is 0 Å². The van der Waals surface area contributed by atoms with Crippen LogP contribution < -0.4 is 0 Å². The molecule has 0 N–H and O–H groups in total. The van der Waals surface area contributed by atoms with Crippen LogP contribution in [0.25, 0.3) is 131 Å². The smallest absolute Gasteiger partial charge is 0.000696 e. The van der Waals surface area contributed by atoms with Crippen molar-refractivity contribution in [1.82, 2.24) is 0 Å². The Morgan fingerprint density at radius 2 is 0.687 bits per heavy atom. The van der Waals surface area contributed by atoms with Gasteiger partial charge in [-0.1, -0.05) is 227 Å². The van der Waals surface area contributed by atoms with Gasteiger partial charge in [0.25, 0.3) is 0 Å². The average Bonchev–Trinajstić information content (AvgIpc) is 3.87. The zero-order valence-electron chi connectivity index (χ0n) is 38.7. The van der Waals surface area contributed by atoms with Crippen molar-refractivity contribution >= 4 is 75.4 Å². The van der Waals surface area contributed by atoms with E-state index in [1.807, 2.05) is 0 Å². The molecule has 0 saturated carbocycles. The van der Waals surface area contributed by atoms with Crippen molar-refractivity contribution in [2.24, 2.45) is 0 Å². The van der Waals surface area contributed by atoms with Gasteiger partial charge < -0.3 is 0 Å². The number of fused-ring (bicyclic) bond motifs is 8. The van der Waals surface area contributed by atoms with Crippen LogP contribution in [0, 0.1) is 6.92 Å². The third-order valence-electron chi connectivity index (χ3n) is 14.9. The molecule has 0 saturated heterocycles. The molecule has 0 aliphatic rings. The van der Waals surface area contributed by atoms with Gasteiger partial charge in [-0.05, 0) is 167 Å². The summed E-state index contributed by atoms with van der Waals surface area (Å²) >= 11 is 0. The lowest BCUT2D eigenvalue weighted by atomic mass is 9.81. The van der Waals surface area contributed by atoms with E-state index >= 15 is 0 Å². The molecule has 0 heterocycles. The zero-order valence-corrected chi connectivity index (χ0v) is 38.7. The Kier molecular flexibility index (Phi) is 8.93. The molecule has 13 aromatic rings. The van der Waals surface area contributed by atoms with E-state index in [0.29, 0.717) is 11.8 Å². The van der Waals surface area contributed by atoms with Crippen LogP contribution in [0.4, 0.5) is 0 Å². The Morgan fingerprint density at radius 1 is 0.254 bits per heavy atom. The average molecular weight is 855 g/mol. The molecule has 0 aliphatic carbocycles. The molecule has 13 rings (SSSR count). The summed E-state index contributed by atoms with van der Waals surface area (Å²) in [5.41, 5.74) is 16.9. The summed E-state index contributed by atoms with van der Waals surface area (Å²) < 4.78 is 0. The monoisotopic (exact) mass is 854 g/mol. The van der Waals surface area contributed by atoms with E-state index in [2.05, 4.69) is 235 Å². The third-order valence-corrected chi connectivity index (χ3v) is 14.9. The summed E-state index contributed by atoms with van der Waals surface area (Å²) in [6.45, 7) is 11.7. The Balaban J connectivity index is 1.32. The van der Waals surface area contributed by atoms with E-state index in [9.17, 15) is 0 Å². The largest absolute Gasteiger partial charge is 0.0622 e. The molecule has 13 aromatic carbocycles. The molecule has 0 spiro atoms. The molecule has 0 radical (unpaired) electrons. The fraction of sp³-hybridized carbons (Fsp3) is 0.104. The van der Waals surface area contributed by atoms with E-state index < -0.39 is 0 Å². The molecule has 0 nitrogen and oxygen atoms in total. The predicted molar refractivity (Wildman–Crippen MR) is 291 cm³/mol. The van der Waals surface area contributed by atoms with Crippen molar-refractivity contribution in [3.05, 3.63) is 217 Å². The van der Waals surface area contributed by atoms with E-state index in [-0.39, 0.29) is 0 Å². The first-order valence-corrected chi connectivity index (χ1v) is 24.1. The first kappa shape index (κ1) is 39.6. The van der Waals surface area contributed by atoms with Crippen LogP contribution in [0.15, 0.2) is 200 Å². The Morgan fingerprint density at radius 3 is 1.28 bits per heavy atom. The second-order valence-corrected chi connectivity index (χ2v) is 19.5. The zero-order chi connectivity index (χ0) is 45.1. The summed E-state index contributed by atoms with van der Waals surface area (Å²) in [6, 6.07) is 76.0. The number of aryl methyl sites for hydroxylation is 1. The van der Waals surface area contributed by atoms with Gasteiger partial charge in [-0.15, -0.1) is 0 Å². The molecule has 0 heteroatoms. The van der Waals surface area contributed by atoms with E-state index in [0.717, 1.165) is 0 Å². The number of hydrogen-bond acceptors (Lipinski definition) is 0. The van der Waals surface area contributed by atoms with Crippen LogP contribution in [0.5, 0.6) is 0 Å². The highest BCUT2D eigenvalue weighted by molar-refractivity contribution is 6.45. The van der Waals surface area contributed by atoms with Gasteiger partial charge in [0.05, 0.1) is 0 Å². The predicted octanol–water partition coefficient (Wildman–Crippen LogP) is 19.5. The fourth-order valence-corrected chi connectivity index (χ4v) is 12.2. The maximum Gasteiger partial charge on any atom is -0.000696 e. The first-order valence-electron chi connectivity index (χ1n) is 24.1. The molecule has 318 valence electrons. The summed E-state index contributed by atoms with van der Waals surface area (Å²) in [5.74, 6) is 0.743. The van der Waals surface area contributed by atoms with Crippen LogP contribution in [0.1, 0.15) is 56.2 Å². The molecular formula is C67H50. The van der Waals surface area contributed by atoms with Gasteiger partial charge >= 0.3 is 0 Å². The van der Waals surface area contributed by atoms with E-state index in [4.69, 9.17) is 0 Å². The topological polar surface area (TPSA) is 0 Å². The summed E-state index contributed by atoms with van der Waals surface area (Å²) in [6.07, 6.45) is 0. The molecule has 0 atom stereocenters. The van der Waals surface area contributed by atoms with Crippen molar-refractivity contribution in [3.63, 3.8) is 0 Å². The van der Waals surface area contributed by atoms with Crippen molar-refractivity contribution in [2.45, 2.75) is 46.5 Å². The number of benzene rings is 11. The van der Waals surface area contributed by atoms with Gasteiger partial charge in [0.2, 0.25) is 0 Å². The molecule has 67 heavy (non-hydrogen) atoms. The second kappa shape index (κ2) is 15.1. The molecule has 0 fully saturated rings. The van der Waals surface area contributed by atoms with Crippen molar-refractivity contribution in [1.29, 1.82) is 0 Å². The Labute approximate surface area is 392 Å². The summed E-state index contributed by atoms with van der Waals surface area (Å²) in [4.78, 5) is 0. The van der Waals surface area contributed by atoms with E-state index in [1.165, 1.54) is 148 Å². The van der Waals surface area contributed by atoms with Gasteiger partial charge in [0, 0.05) is 0 Å². The maximum absolute atomic E-state index is 2.57. The molecular weight excluding hydrogens is 805 g/mol. The number of rotatable bonds is 7. The standard InChI is InChI=1S/C67H50/c1-39(2)56-36-41(5)37-57(40(3)4)62(56)52-34-35-55-60-51(52)31-19-33-54(60)67-65(49-29-17-13-25-45(49)43-22-10-7-11-23-43)64-53-32-18-30-50-46-26-14-15-27-47(46)58(61(50)53)38-59(64)63(66(55)67)48-28-16-12-24-44(48)42-20-8-6-9-21-42/h6-40H,1-5H3. The third kappa shape index (κ3) is 5.79. The van der Waals surface area contributed by atoms with Crippen molar-refractivity contribution in [2.75, 3.05) is 0 Å². The fourth-order valence-electron chi connectivity index (χ4n) is 12.2. The summed E-state index contributed by atoms with van der Waals surface area (Å²) in [5, 5.41) is 18.4. The van der Waals surface area contributed by atoms with Crippen molar-refractivity contribution in [3.8, 4) is 55.6 Å². The second-order valence-electron chi connectivity index (χ2n) is 19.5. The molecule has 0 aromatic heterocycles. The molecule has 0 unspecified atom stereocenters. The van der Waals surface area contributed by atoms with Gasteiger partial charge in [0.1, 0.15) is 0 Å². The van der Waals surface area contributed by atoms with Crippen LogP contribution in [0.3, 0.4) is 0 Å². The SMILES string of the molecule is Cc1cc(C(C)C)c(-c2ccc3c4c(-c5ccccc5-c5ccccc5)c5cc6c7ccccc7c7cccc(c5c(-c5ccccc5-c5ccccc5)c4c4cccc2c34)c76)c(C(C)C)c1. The number of hydrogen-bond donors (Lipinski definition) is 0. The molecule has 0 aliphatic heterocycles. The van der Waals surface area contributed by atoms with Crippen molar-refractivity contribution < 1.29 is 0 Å². The normalized spacial score (nSPS) is 12.2. The highest BCUT2D eigenvalue weighted by Crippen LogP contribution is 2.57.